The average Bonchev–Trinajstić information content (AvgIpc) is 3.00. The predicted octanol–water partition coefficient (Wildman–Crippen LogP) is 4.03. The number of aryl methyl sites for hydroxylation is 1. The van der Waals surface area contributed by atoms with Crippen molar-refractivity contribution in [2.45, 2.75) is 25.6 Å². The molecule has 0 bridgehead atoms. The molecule has 4 nitrogen and oxygen atoms in total. The van der Waals surface area contributed by atoms with Crippen molar-refractivity contribution in [2.75, 3.05) is 6.54 Å². The maximum Gasteiger partial charge on any atom is 0.161 e. The van der Waals surface area contributed by atoms with Crippen molar-refractivity contribution in [1.82, 2.24) is 9.47 Å². The smallest absolute Gasteiger partial charge is 0.161 e. The maximum absolute atomic E-state index is 13.9. The van der Waals surface area contributed by atoms with Crippen LogP contribution >= 0.6 is 0 Å². The van der Waals surface area contributed by atoms with Crippen LogP contribution in [-0.2, 0) is 13.1 Å². The van der Waals surface area contributed by atoms with Gasteiger partial charge >= 0.3 is 0 Å². The summed E-state index contributed by atoms with van der Waals surface area (Å²) in [5.74, 6) is -0.474. The van der Waals surface area contributed by atoms with Crippen molar-refractivity contribution in [1.29, 1.82) is 0 Å². The van der Waals surface area contributed by atoms with Gasteiger partial charge in [0.05, 0.1) is 6.04 Å². The lowest BCUT2D eigenvalue weighted by Crippen LogP contribution is -2.29. The molecule has 0 amide bonds. The summed E-state index contributed by atoms with van der Waals surface area (Å²) in [4.78, 5) is 2.22. The number of para-hydroxylation sites is 1. The first kappa shape index (κ1) is 16.7. The van der Waals surface area contributed by atoms with E-state index in [1.807, 2.05) is 18.2 Å². The first-order chi connectivity index (χ1) is 12.6. The van der Waals surface area contributed by atoms with Crippen LogP contribution in [0.15, 0.2) is 60.8 Å². The molecule has 2 aromatic carbocycles. The molecule has 5 heteroatoms. The highest BCUT2D eigenvalue weighted by Crippen LogP contribution is 2.36. The van der Waals surface area contributed by atoms with E-state index in [9.17, 15) is 14.6 Å². The van der Waals surface area contributed by atoms with Gasteiger partial charge in [-0.1, -0.05) is 24.3 Å². The molecule has 0 saturated carbocycles. The monoisotopic (exact) mass is 352 g/mol. The number of aromatic nitrogens is 1. The van der Waals surface area contributed by atoms with E-state index in [0.717, 1.165) is 30.8 Å². The molecule has 1 unspecified atom stereocenters. The standard InChI is InChI=1S/C21H21FN2O2/c22-17-7-1-5-15(13-17)20-18-8-3-10-23(18)11-4-12-24(20)14-16-6-2-9-19(25)21(16)26/h1-3,5-10,13,20,25-26H,4,11-12,14H2. The molecule has 0 aliphatic carbocycles. The Hall–Kier alpha value is -2.79. The van der Waals surface area contributed by atoms with Gasteiger partial charge in [0.25, 0.3) is 0 Å². The summed E-state index contributed by atoms with van der Waals surface area (Å²) in [7, 11) is 0. The zero-order chi connectivity index (χ0) is 18.1. The van der Waals surface area contributed by atoms with E-state index in [1.165, 1.54) is 12.1 Å². The number of nitrogens with zero attached hydrogens (tertiary/aromatic N) is 2. The summed E-state index contributed by atoms with van der Waals surface area (Å²) in [6.45, 7) is 2.17. The fourth-order valence-corrected chi connectivity index (χ4v) is 3.79. The van der Waals surface area contributed by atoms with Gasteiger partial charge in [0.2, 0.25) is 0 Å². The number of fused-ring (bicyclic) bond motifs is 1. The average molecular weight is 352 g/mol. The van der Waals surface area contributed by atoms with Crippen molar-refractivity contribution in [3.05, 3.63) is 83.4 Å². The van der Waals surface area contributed by atoms with E-state index in [1.54, 1.807) is 18.2 Å². The van der Waals surface area contributed by atoms with E-state index >= 15 is 0 Å². The van der Waals surface area contributed by atoms with Gasteiger partial charge in [-0.2, -0.15) is 0 Å². The van der Waals surface area contributed by atoms with Crippen LogP contribution in [0.5, 0.6) is 11.5 Å². The fourth-order valence-electron chi connectivity index (χ4n) is 3.79. The van der Waals surface area contributed by atoms with Gasteiger partial charge in [0.15, 0.2) is 11.5 Å². The molecule has 1 aliphatic heterocycles. The molecular weight excluding hydrogens is 331 g/mol. The number of benzene rings is 2. The summed E-state index contributed by atoms with van der Waals surface area (Å²) in [6, 6.07) is 15.6. The van der Waals surface area contributed by atoms with Gasteiger partial charge in [-0.15, -0.1) is 0 Å². The van der Waals surface area contributed by atoms with Crippen molar-refractivity contribution in [2.24, 2.45) is 0 Å². The largest absolute Gasteiger partial charge is 0.504 e. The van der Waals surface area contributed by atoms with Crippen molar-refractivity contribution in [3.63, 3.8) is 0 Å². The summed E-state index contributed by atoms with van der Waals surface area (Å²) in [5.41, 5.74) is 2.64. The number of phenolic OH excluding ortho intramolecular Hbond substituents is 2. The van der Waals surface area contributed by atoms with Crippen molar-refractivity contribution in [3.8, 4) is 11.5 Å². The van der Waals surface area contributed by atoms with Crippen LogP contribution in [0.4, 0.5) is 4.39 Å². The Labute approximate surface area is 151 Å². The van der Waals surface area contributed by atoms with Gasteiger partial charge in [-0.3, -0.25) is 4.90 Å². The number of hydrogen-bond acceptors (Lipinski definition) is 3. The molecule has 1 aromatic heterocycles. The minimum absolute atomic E-state index is 0.0925. The highest BCUT2D eigenvalue weighted by Gasteiger charge is 2.28. The van der Waals surface area contributed by atoms with Gasteiger partial charge in [-0.25, -0.2) is 4.39 Å². The minimum Gasteiger partial charge on any atom is -0.504 e. The first-order valence-corrected chi connectivity index (χ1v) is 8.78. The second kappa shape index (κ2) is 6.84. The third-order valence-corrected chi connectivity index (χ3v) is 4.99. The summed E-state index contributed by atoms with van der Waals surface area (Å²) in [6.07, 6.45) is 3.00. The van der Waals surface area contributed by atoms with Crippen LogP contribution in [0.25, 0.3) is 0 Å². The Morgan fingerprint density at radius 3 is 2.69 bits per heavy atom. The Morgan fingerprint density at radius 1 is 1.00 bits per heavy atom. The second-order valence-electron chi connectivity index (χ2n) is 6.69. The van der Waals surface area contributed by atoms with Crippen molar-refractivity contribution >= 4 is 0 Å². The number of aromatic hydroxyl groups is 2. The van der Waals surface area contributed by atoms with E-state index in [2.05, 4.69) is 21.7 Å². The summed E-state index contributed by atoms with van der Waals surface area (Å²) in [5, 5.41) is 20.0. The minimum atomic E-state index is -0.259. The zero-order valence-corrected chi connectivity index (χ0v) is 14.3. The fraction of sp³-hybridized carbons (Fsp3) is 0.238. The van der Waals surface area contributed by atoms with Crippen LogP contribution in [0.1, 0.15) is 29.3 Å². The molecule has 1 atom stereocenters. The van der Waals surface area contributed by atoms with E-state index in [0.29, 0.717) is 12.1 Å². The SMILES string of the molecule is Oc1cccc(CN2CCCn3cccc3C2c2cccc(F)c2)c1O. The first-order valence-electron chi connectivity index (χ1n) is 8.78. The lowest BCUT2D eigenvalue weighted by Gasteiger charge is -2.31. The third kappa shape index (κ3) is 3.06. The quantitative estimate of drug-likeness (QED) is 0.700. The highest BCUT2D eigenvalue weighted by atomic mass is 19.1. The van der Waals surface area contributed by atoms with Gasteiger partial charge in [0, 0.05) is 37.1 Å². The topological polar surface area (TPSA) is 48.6 Å². The molecule has 2 heterocycles. The van der Waals surface area contributed by atoms with Crippen molar-refractivity contribution < 1.29 is 14.6 Å². The maximum atomic E-state index is 13.9. The normalized spacial score (nSPS) is 17.7. The molecular formula is C21H21FN2O2. The predicted molar refractivity (Wildman–Crippen MR) is 97.5 cm³/mol. The molecule has 4 rings (SSSR count). The second-order valence-corrected chi connectivity index (χ2v) is 6.69. The molecule has 0 fully saturated rings. The number of hydrogen-bond donors (Lipinski definition) is 2. The highest BCUT2D eigenvalue weighted by molar-refractivity contribution is 5.44. The van der Waals surface area contributed by atoms with Gasteiger partial charge in [0.1, 0.15) is 5.82 Å². The Kier molecular flexibility index (Phi) is 4.39. The number of halogens is 1. The number of phenols is 2. The van der Waals surface area contributed by atoms with E-state index < -0.39 is 0 Å². The van der Waals surface area contributed by atoms with Crippen LogP contribution in [0.2, 0.25) is 0 Å². The Bertz CT molecular complexity index is 922. The van der Waals surface area contributed by atoms with Gasteiger partial charge in [-0.05, 0) is 42.3 Å². The molecule has 134 valence electrons. The zero-order valence-electron chi connectivity index (χ0n) is 14.3. The molecule has 2 N–H and O–H groups in total. The molecule has 3 aromatic rings. The molecule has 26 heavy (non-hydrogen) atoms. The molecule has 0 saturated heterocycles. The summed E-state index contributed by atoms with van der Waals surface area (Å²) >= 11 is 0. The lowest BCUT2D eigenvalue weighted by molar-refractivity contribution is 0.216. The Morgan fingerprint density at radius 2 is 1.85 bits per heavy atom. The number of rotatable bonds is 3. The molecule has 0 spiro atoms. The Balaban J connectivity index is 1.77. The lowest BCUT2D eigenvalue weighted by atomic mass is 10.0. The van der Waals surface area contributed by atoms with Crippen LogP contribution in [-0.4, -0.2) is 26.2 Å². The molecule has 0 radical (unpaired) electrons. The van der Waals surface area contributed by atoms with Gasteiger partial charge < -0.3 is 14.8 Å². The summed E-state index contributed by atoms with van der Waals surface area (Å²) < 4.78 is 16.1. The van der Waals surface area contributed by atoms with E-state index in [-0.39, 0.29) is 23.4 Å². The van der Waals surface area contributed by atoms with Crippen LogP contribution in [0.3, 0.4) is 0 Å². The van der Waals surface area contributed by atoms with E-state index in [4.69, 9.17) is 0 Å². The third-order valence-electron chi connectivity index (χ3n) is 4.99. The van der Waals surface area contributed by atoms with Crippen LogP contribution < -0.4 is 0 Å². The molecule has 1 aliphatic rings. The van der Waals surface area contributed by atoms with Crippen LogP contribution in [0, 0.1) is 5.82 Å².